The van der Waals surface area contributed by atoms with Crippen molar-refractivity contribution in [3.8, 4) is 17.6 Å². The van der Waals surface area contributed by atoms with Crippen molar-refractivity contribution in [3.05, 3.63) is 29.3 Å². The maximum atomic E-state index is 6.08. The molecule has 3 unspecified atom stereocenters. The van der Waals surface area contributed by atoms with Crippen LogP contribution in [0.15, 0.2) is 18.2 Å². The number of ether oxygens (including phenoxy) is 1. The van der Waals surface area contributed by atoms with E-state index < -0.39 is 0 Å². The summed E-state index contributed by atoms with van der Waals surface area (Å²) in [5, 5.41) is 0. The molecule has 2 fully saturated rings. The molecule has 20 heavy (non-hydrogen) atoms. The molecular formula is C18H23NO. The lowest BCUT2D eigenvalue weighted by molar-refractivity contribution is 0.195. The molecule has 2 aliphatic carbocycles. The Balaban J connectivity index is 1.67. The first-order valence-electron chi connectivity index (χ1n) is 7.68. The maximum Gasteiger partial charge on any atom is 0.134 e. The number of benzene rings is 1. The van der Waals surface area contributed by atoms with Gasteiger partial charge >= 0.3 is 0 Å². The van der Waals surface area contributed by atoms with Crippen LogP contribution in [0.1, 0.15) is 36.8 Å². The van der Waals surface area contributed by atoms with Gasteiger partial charge in [-0.05, 0) is 61.6 Å². The summed E-state index contributed by atoms with van der Waals surface area (Å²) < 4.78 is 6.08. The van der Waals surface area contributed by atoms with Crippen LogP contribution < -0.4 is 10.5 Å². The predicted molar refractivity (Wildman–Crippen MR) is 81.5 cm³/mol. The fourth-order valence-electron chi connectivity index (χ4n) is 3.79. The van der Waals surface area contributed by atoms with Crippen molar-refractivity contribution in [1.29, 1.82) is 0 Å². The minimum atomic E-state index is 0.389. The Kier molecular flexibility index (Phi) is 3.98. The highest BCUT2D eigenvalue weighted by molar-refractivity contribution is 5.48. The van der Waals surface area contributed by atoms with Crippen molar-refractivity contribution in [2.75, 3.05) is 13.2 Å². The maximum absolute atomic E-state index is 6.08. The Morgan fingerprint density at radius 3 is 2.90 bits per heavy atom. The summed E-state index contributed by atoms with van der Waals surface area (Å²) in [7, 11) is 0. The monoisotopic (exact) mass is 269 g/mol. The normalized spacial score (nSPS) is 27.2. The minimum absolute atomic E-state index is 0.389. The van der Waals surface area contributed by atoms with Crippen LogP contribution >= 0.6 is 0 Å². The molecule has 2 N–H and O–H groups in total. The van der Waals surface area contributed by atoms with Gasteiger partial charge < -0.3 is 10.5 Å². The summed E-state index contributed by atoms with van der Waals surface area (Å²) in [5.74, 6) is 9.60. The Labute approximate surface area is 121 Å². The number of hydrogen-bond donors (Lipinski definition) is 1. The van der Waals surface area contributed by atoms with Crippen molar-refractivity contribution in [2.45, 2.75) is 32.6 Å². The molecule has 0 aromatic heterocycles. The third-order valence-electron chi connectivity index (χ3n) is 4.80. The number of aryl methyl sites for hydroxylation is 1. The topological polar surface area (TPSA) is 35.2 Å². The molecule has 3 rings (SSSR count). The molecular weight excluding hydrogens is 246 g/mol. The zero-order valence-corrected chi connectivity index (χ0v) is 12.2. The zero-order valence-electron chi connectivity index (χ0n) is 12.2. The fourth-order valence-corrected chi connectivity index (χ4v) is 3.79. The molecule has 2 nitrogen and oxygen atoms in total. The van der Waals surface area contributed by atoms with E-state index in [1.807, 2.05) is 6.07 Å². The number of fused-ring (bicyclic) bond motifs is 2. The van der Waals surface area contributed by atoms with Gasteiger partial charge in [-0.25, -0.2) is 0 Å². The van der Waals surface area contributed by atoms with Crippen LogP contribution in [0, 0.1) is 36.5 Å². The van der Waals surface area contributed by atoms with Crippen LogP contribution in [0.4, 0.5) is 0 Å². The number of hydrogen-bond acceptors (Lipinski definition) is 2. The van der Waals surface area contributed by atoms with Crippen molar-refractivity contribution in [2.24, 2.45) is 23.5 Å². The zero-order chi connectivity index (χ0) is 13.9. The molecule has 0 spiro atoms. The van der Waals surface area contributed by atoms with Crippen LogP contribution in [0.3, 0.4) is 0 Å². The van der Waals surface area contributed by atoms with Crippen molar-refractivity contribution >= 4 is 0 Å². The van der Waals surface area contributed by atoms with Gasteiger partial charge in [0.25, 0.3) is 0 Å². The summed E-state index contributed by atoms with van der Waals surface area (Å²) in [6.07, 6.45) is 5.65. The highest BCUT2D eigenvalue weighted by Crippen LogP contribution is 2.48. The van der Waals surface area contributed by atoms with Crippen molar-refractivity contribution in [3.63, 3.8) is 0 Å². The quantitative estimate of drug-likeness (QED) is 0.856. The minimum Gasteiger partial charge on any atom is -0.492 e. The van der Waals surface area contributed by atoms with E-state index >= 15 is 0 Å². The lowest BCUT2D eigenvalue weighted by Gasteiger charge is -2.22. The third-order valence-corrected chi connectivity index (χ3v) is 4.80. The Bertz CT molecular complexity index is 540. The van der Waals surface area contributed by atoms with Crippen molar-refractivity contribution in [1.82, 2.24) is 0 Å². The van der Waals surface area contributed by atoms with E-state index in [4.69, 9.17) is 10.5 Å². The molecule has 1 aromatic rings. The van der Waals surface area contributed by atoms with Gasteiger partial charge in [0.05, 0.1) is 18.7 Å². The number of rotatable bonds is 3. The predicted octanol–water partition coefficient (Wildman–Crippen LogP) is 3.12. The van der Waals surface area contributed by atoms with Crippen LogP contribution in [0.25, 0.3) is 0 Å². The van der Waals surface area contributed by atoms with Gasteiger partial charge in [-0.1, -0.05) is 24.3 Å². The molecule has 3 atom stereocenters. The van der Waals surface area contributed by atoms with E-state index in [0.29, 0.717) is 6.54 Å². The Morgan fingerprint density at radius 2 is 2.20 bits per heavy atom. The summed E-state index contributed by atoms with van der Waals surface area (Å²) in [4.78, 5) is 0. The first-order valence-corrected chi connectivity index (χ1v) is 7.68. The molecule has 0 saturated heterocycles. The van der Waals surface area contributed by atoms with Gasteiger partial charge in [0.2, 0.25) is 0 Å². The first kappa shape index (κ1) is 13.5. The molecule has 1 aromatic carbocycles. The lowest BCUT2D eigenvalue weighted by atomic mass is 9.89. The SMILES string of the molecule is Cc1ccc(OCC2CC3CCC2C3)c(C#CCN)c1. The van der Waals surface area contributed by atoms with E-state index in [2.05, 4.69) is 30.9 Å². The summed E-state index contributed by atoms with van der Waals surface area (Å²) in [6.45, 7) is 3.31. The average molecular weight is 269 g/mol. The summed E-state index contributed by atoms with van der Waals surface area (Å²) >= 11 is 0. The largest absolute Gasteiger partial charge is 0.492 e. The molecule has 2 aliphatic rings. The van der Waals surface area contributed by atoms with E-state index in [9.17, 15) is 0 Å². The first-order chi connectivity index (χ1) is 9.76. The highest BCUT2D eigenvalue weighted by Gasteiger charge is 2.39. The molecule has 0 radical (unpaired) electrons. The van der Waals surface area contributed by atoms with Crippen molar-refractivity contribution < 1.29 is 4.74 Å². The third kappa shape index (κ3) is 2.83. The molecule has 2 heteroatoms. The summed E-state index contributed by atoms with van der Waals surface area (Å²) in [6, 6.07) is 6.21. The van der Waals surface area contributed by atoms with E-state index in [0.717, 1.165) is 35.7 Å². The standard InChI is InChI=1S/C18H23NO/c1-13-4-7-18(16(9-13)3-2-8-19)20-12-17-11-14-5-6-15(17)10-14/h4,7,9,14-15,17H,5-6,8,10-12,19H2,1H3. The average Bonchev–Trinajstić information content (AvgIpc) is 3.06. The molecule has 2 bridgehead atoms. The second-order valence-corrected chi connectivity index (χ2v) is 6.25. The molecule has 2 saturated carbocycles. The Hall–Kier alpha value is -1.46. The smallest absolute Gasteiger partial charge is 0.134 e. The van der Waals surface area contributed by atoms with Gasteiger partial charge in [-0.2, -0.15) is 0 Å². The summed E-state index contributed by atoms with van der Waals surface area (Å²) in [5.41, 5.74) is 7.64. The van der Waals surface area contributed by atoms with Crippen LogP contribution in [-0.2, 0) is 0 Å². The van der Waals surface area contributed by atoms with Crippen LogP contribution in [0.2, 0.25) is 0 Å². The van der Waals surface area contributed by atoms with Crippen LogP contribution in [-0.4, -0.2) is 13.2 Å². The van der Waals surface area contributed by atoms with Gasteiger partial charge in [0.15, 0.2) is 0 Å². The molecule has 0 aliphatic heterocycles. The molecule has 106 valence electrons. The molecule has 0 heterocycles. The van der Waals surface area contributed by atoms with E-state index in [-0.39, 0.29) is 0 Å². The fraction of sp³-hybridized carbons (Fsp3) is 0.556. The second-order valence-electron chi connectivity index (χ2n) is 6.25. The number of nitrogens with two attached hydrogens (primary N) is 1. The van der Waals surface area contributed by atoms with E-state index in [1.165, 1.54) is 31.2 Å². The molecule has 0 amide bonds. The van der Waals surface area contributed by atoms with Gasteiger partial charge in [0, 0.05) is 0 Å². The van der Waals surface area contributed by atoms with Gasteiger partial charge in [-0.3, -0.25) is 0 Å². The lowest BCUT2D eigenvalue weighted by Crippen LogP contribution is -2.18. The highest BCUT2D eigenvalue weighted by atomic mass is 16.5. The van der Waals surface area contributed by atoms with Gasteiger partial charge in [-0.15, -0.1) is 0 Å². The second kappa shape index (κ2) is 5.89. The Morgan fingerprint density at radius 1 is 1.30 bits per heavy atom. The van der Waals surface area contributed by atoms with E-state index in [1.54, 1.807) is 0 Å². The van der Waals surface area contributed by atoms with Crippen LogP contribution in [0.5, 0.6) is 5.75 Å². The van der Waals surface area contributed by atoms with Gasteiger partial charge in [0.1, 0.15) is 5.75 Å².